The van der Waals surface area contributed by atoms with Gasteiger partial charge >= 0.3 is 5.63 Å². The Bertz CT molecular complexity index is 1210. The van der Waals surface area contributed by atoms with Crippen molar-refractivity contribution >= 4 is 11.0 Å². The van der Waals surface area contributed by atoms with E-state index in [1.165, 1.54) is 27.6 Å². The molecule has 0 spiro atoms. The Morgan fingerprint density at radius 2 is 1.85 bits per heavy atom. The lowest BCUT2D eigenvalue weighted by atomic mass is 10.0. The van der Waals surface area contributed by atoms with E-state index >= 15 is 0 Å². The molecule has 0 N–H and O–H groups in total. The van der Waals surface area contributed by atoms with Crippen LogP contribution in [0.1, 0.15) is 28.7 Å². The van der Waals surface area contributed by atoms with Crippen molar-refractivity contribution in [3.8, 4) is 11.4 Å². The van der Waals surface area contributed by atoms with Crippen LogP contribution in [0, 0.1) is 6.92 Å². The quantitative estimate of drug-likeness (QED) is 0.525. The van der Waals surface area contributed by atoms with E-state index in [2.05, 4.69) is 21.5 Å². The van der Waals surface area contributed by atoms with Gasteiger partial charge in [0.15, 0.2) is 0 Å². The van der Waals surface area contributed by atoms with Gasteiger partial charge in [0, 0.05) is 17.0 Å². The number of nitrogens with zero attached hydrogens (tertiary/aromatic N) is 4. The molecule has 2 aromatic heterocycles. The molecule has 134 valence electrons. The van der Waals surface area contributed by atoms with Gasteiger partial charge in [0.25, 0.3) is 0 Å². The molecule has 27 heavy (non-hydrogen) atoms. The van der Waals surface area contributed by atoms with Gasteiger partial charge < -0.3 is 4.42 Å². The molecule has 0 radical (unpaired) electrons. The summed E-state index contributed by atoms with van der Waals surface area (Å²) in [6.45, 7) is 2.41. The Balaban J connectivity index is 1.53. The minimum absolute atomic E-state index is 0.352. The van der Waals surface area contributed by atoms with Crippen LogP contribution in [0.2, 0.25) is 0 Å². The predicted molar refractivity (Wildman–Crippen MR) is 102 cm³/mol. The summed E-state index contributed by atoms with van der Waals surface area (Å²) < 4.78 is 5.43. The molecule has 2 heterocycles. The average molecular weight is 358 g/mol. The standard InChI is InChI=1S/C21H18N4O2/c1-13-5-7-14(8-6-13)21-22-24-25(23-21)12-17-11-20(26)27-19-10-16-4-2-3-15(16)9-18(17)19/h5-11H,2-4,12H2,1H3. The van der Waals surface area contributed by atoms with Crippen LogP contribution in [0.3, 0.4) is 0 Å². The lowest BCUT2D eigenvalue weighted by Crippen LogP contribution is -2.08. The maximum absolute atomic E-state index is 12.0. The van der Waals surface area contributed by atoms with Crippen LogP contribution in [0.15, 0.2) is 51.7 Å². The van der Waals surface area contributed by atoms with Gasteiger partial charge in [-0.2, -0.15) is 4.80 Å². The minimum Gasteiger partial charge on any atom is -0.423 e. The van der Waals surface area contributed by atoms with Crippen molar-refractivity contribution in [2.24, 2.45) is 0 Å². The second-order valence-electron chi connectivity index (χ2n) is 7.07. The van der Waals surface area contributed by atoms with Crippen LogP contribution < -0.4 is 5.63 Å². The molecule has 1 aliphatic carbocycles. The zero-order chi connectivity index (χ0) is 18.4. The van der Waals surface area contributed by atoms with Crippen molar-refractivity contribution < 1.29 is 4.42 Å². The van der Waals surface area contributed by atoms with Gasteiger partial charge in [-0.05, 0) is 60.2 Å². The van der Waals surface area contributed by atoms with Crippen LogP contribution in [-0.2, 0) is 19.4 Å². The first-order valence-corrected chi connectivity index (χ1v) is 9.09. The highest BCUT2D eigenvalue weighted by atomic mass is 16.4. The van der Waals surface area contributed by atoms with Crippen LogP contribution >= 0.6 is 0 Å². The smallest absolute Gasteiger partial charge is 0.336 e. The van der Waals surface area contributed by atoms with Crippen LogP contribution in [0.25, 0.3) is 22.4 Å². The zero-order valence-corrected chi connectivity index (χ0v) is 15.0. The Hall–Kier alpha value is -3.28. The summed E-state index contributed by atoms with van der Waals surface area (Å²) in [5, 5.41) is 13.7. The fraction of sp³-hybridized carbons (Fsp3) is 0.238. The lowest BCUT2D eigenvalue weighted by Gasteiger charge is -2.07. The first-order valence-electron chi connectivity index (χ1n) is 9.09. The van der Waals surface area contributed by atoms with Gasteiger partial charge in [0.05, 0.1) is 6.54 Å². The molecular formula is C21H18N4O2. The third-order valence-corrected chi connectivity index (χ3v) is 5.12. The monoisotopic (exact) mass is 358 g/mol. The Kier molecular flexibility index (Phi) is 3.63. The van der Waals surface area contributed by atoms with E-state index in [-0.39, 0.29) is 5.63 Å². The molecule has 6 nitrogen and oxygen atoms in total. The van der Waals surface area contributed by atoms with Gasteiger partial charge in [-0.15, -0.1) is 10.2 Å². The largest absolute Gasteiger partial charge is 0.423 e. The molecule has 0 unspecified atom stereocenters. The van der Waals surface area contributed by atoms with Crippen LogP contribution in [0.5, 0.6) is 0 Å². The first-order chi connectivity index (χ1) is 13.2. The summed E-state index contributed by atoms with van der Waals surface area (Å²) in [6.07, 6.45) is 3.27. The van der Waals surface area contributed by atoms with Crippen molar-refractivity contribution in [3.63, 3.8) is 0 Å². The number of aromatic nitrogens is 4. The SMILES string of the molecule is Cc1ccc(-c2nnn(Cc3cc(=O)oc4cc5c(cc34)CCC5)n2)cc1. The molecule has 2 aromatic carbocycles. The highest BCUT2D eigenvalue weighted by Gasteiger charge is 2.16. The number of hydrogen-bond donors (Lipinski definition) is 0. The summed E-state index contributed by atoms with van der Waals surface area (Å²) in [4.78, 5) is 13.5. The van der Waals surface area contributed by atoms with Crippen LogP contribution in [0.4, 0.5) is 0 Å². The summed E-state index contributed by atoms with van der Waals surface area (Å²) in [6, 6.07) is 13.7. The van der Waals surface area contributed by atoms with Gasteiger partial charge in [0.2, 0.25) is 5.82 Å². The highest BCUT2D eigenvalue weighted by molar-refractivity contribution is 5.82. The number of rotatable bonds is 3. The summed E-state index contributed by atoms with van der Waals surface area (Å²) in [5.74, 6) is 0.572. The molecule has 0 fully saturated rings. The molecule has 0 atom stereocenters. The summed E-state index contributed by atoms with van der Waals surface area (Å²) >= 11 is 0. The van der Waals surface area contributed by atoms with Crippen molar-refractivity contribution in [2.45, 2.75) is 32.7 Å². The topological polar surface area (TPSA) is 73.8 Å². The van der Waals surface area contributed by atoms with Gasteiger partial charge in [-0.25, -0.2) is 4.79 Å². The fourth-order valence-electron chi connectivity index (χ4n) is 3.71. The molecule has 0 saturated carbocycles. The van der Waals surface area contributed by atoms with E-state index in [0.29, 0.717) is 18.0 Å². The fourth-order valence-corrected chi connectivity index (χ4v) is 3.71. The molecule has 0 amide bonds. The van der Waals surface area contributed by atoms with Crippen molar-refractivity contribution in [2.75, 3.05) is 0 Å². The maximum Gasteiger partial charge on any atom is 0.336 e. The zero-order valence-electron chi connectivity index (χ0n) is 15.0. The Labute approximate surface area is 155 Å². The molecule has 6 heteroatoms. The molecule has 0 bridgehead atoms. The summed E-state index contributed by atoms with van der Waals surface area (Å²) in [5.41, 5.74) is 5.85. The number of benzene rings is 2. The molecular weight excluding hydrogens is 340 g/mol. The van der Waals surface area contributed by atoms with Crippen molar-refractivity contribution in [3.05, 3.63) is 75.1 Å². The van der Waals surface area contributed by atoms with E-state index in [1.54, 1.807) is 0 Å². The van der Waals surface area contributed by atoms with Crippen molar-refractivity contribution in [1.29, 1.82) is 0 Å². The predicted octanol–water partition coefficient (Wildman–Crippen LogP) is 3.29. The Morgan fingerprint density at radius 3 is 2.67 bits per heavy atom. The number of aryl methyl sites for hydroxylation is 3. The van der Waals surface area contributed by atoms with E-state index in [0.717, 1.165) is 35.8 Å². The molecule has 4 aromatic rings. The number of fused-ring (bicyclic) bond motifs is 2. The lowest BCUT2D eigenvalue weighted by molar-refractivity contribution is 0.545. The van der Waals surface area contributed by atoms with Gasteiger partial charge in [-0.1, -0.05) is 29.8 Å². The molecule has 0 saturated heterocycles. The third kappa shape index (κ3) is 2.93. The normalized spacial score (nSPS) is 13.2. The molecule has 5 rings (SSSR count). The second-order valence-corrected chi connectivity index (χ2v) is 7.07. The first kappa shape index (κ1) is 15.9. The van der Waals surface area contributed by atoms with Crippen LogP contribution in [-0.4, -0.2) is 20.2 Å². The summed E-state index contributed by atoms with van der Waals surface area (Å²) in [7, 11) is 0. The number of tetrazole rings is 1. The van der Waals surface area contributed by atoms with E-state index < -0.39 is 0 Å². The third-order valence-electron chi connectivity index (χ3n) is 5.12. The Morgan fingerprint density at radius 1 is 1.07 bits per heavy atom. The molecule has 1 aliphatic rings. The second kappa shape index (κ2) is 6.16. The van der Waals surface area contributed by atoms with E-state index in [4.69, 9.17) is 4.42 Å². The highest BCUT2D eigenvalue weighted by Crippen LogP contribution is 2.28. The minimum atomic E-state index is -0.352. The van der Waals surface area contributed by atoms with E-state index in [1.807, 2.05) is 37.3 Å². The average Bonchev–Trinajstić information content (AvgIpc) is 3.29. The van der Waals surface area contributed by atoms with Gasteiger partial charge in [-0.3, -0.25) is 0 Å². The molecule has 0 aliphatic heterocycles. The maximum atomic E-state index is 12.0. The number of hydrogen-bond acceptors (Lipinski definition) is 5. The van der Waals surface area contributed by atoms with E-state index in [9.17, 15) is 4.79 Å². The van der Waals surface area contributed by atoms with Gasteiger partial charge in [0.1, 0.15) is 5.58 Å². The van der Waals surface area contributed by atoms with Crippen molar-refractivity contribution in [1.82, 2.24) is 20.2 Å².